The average molecular weight is 344 g/mol. The molecule has 0 bridgehead atoms. The van der Waals surface area contributed by atoms with E-state index in [2.05, 4.69) is 11.9 Å². The number of ether oxygens (including phenoxy) is 1. The van der Waals surface area contributed by atoms with E-state index in [1.54, 1.807) is 14.1 Å². The summed E-state index contributed by atoms with van der Waals surface area (Å²) in [6.45, 7) is 5.27. The van der Waals surface area contributed by atoms with Crippen molar-refractivity contribution in [2.75, 3.05) is 73.6 Å². The van der Waals surface area contributed by atoms with Crippen molar-refractivity contribution in [3.05, 3.63) is 0 Å². The van der Waals surface area contributed by atoms with Crippen LogP contribution in [-0.2, 0) is 19.1 Å². The Kier molecular flexibility index (Phi) is 8.66. The summed E-state index contributed by atoms with van der Waals surface area (Å²) >= 11 is 0. The molecule has 24 heavy (non-hydrogen) atoms. The largest absolute Gasteiger partial charge is 0.483 e. The van der Waals surface area contributed by atoms with Gasteiger partial charge in [-0.25, -0.2) is 0 Å². The minimum absolute atomic E-state index is 0.0354. The van der Waals surface area contributed by atoms with Crippen LogP contribution in [0.25, 0.3) is 0 Å². The summed E-state index contributed by atoms with van der Waals surface area (Å²) in [5.41, 5.74) is 0. The van der Waals surface area contributed by atoms with Gasteiger partial charge in [-0.2, -0.15) is 0 Å². The third-order valence-corrected chi connectivity index (χ3v) is 4.08. The van der Waals surface area contributed by atoms with Gasteiger partial charge in [-0.3, -0.25) is 19.3 Å². The first-order valence-corrected chi connectivity index (χ1v) is 7.98. The van der Waals surface area contributed by atoms with Gasteiger partial charge >= 0.3 is 0 Å². The average Bonchev–Trinajstić information content (AvgIpc) is 2.55. The van der Waals surface area contributed by atoms with Crippen LogP contribution >= 0.6 is 0 Å². The molecule has 2 fully saturated rings. The van der Waals surface area contributed by atoms with Crippen LogP contribution in [0.2, 0.25) is 0 Å². The monoisotopic (exact) mass is 344 g/mol. The Morgan fingerprint density at radius 2 is 1.79 bits per heavy atom. The number of piperazine rings is 1. The van der Waals surface area contributed by atoms with Crippen molar-refractivity contribution >= 4 is 18.3 Å². The molecule has 9 nitrogen and oxygen atoms in total. The summed E-state index contributed by atoms with van der Waals surface area (Å²) in [5, 5.41) is 6.89. The molecule has 0 aromatic heterocycles. The molecule has 138 valence electrons. The maximum atomic E-state index is 12.3. The molecule has 2 amide bonds. The van der Waals surface area contributed by atoms with Gasteiger partial charge in [-0.1, -0.05) is 0 Å². The molecule has 2 aliphatic heterocycles. The third kappa shape index (κ3) is 6.42. The molecule has 2 aliphatic rings. The lowest BCUT2D eigenvalue weighted by Gasteiger charge is -2.36. The van der Waals surface area contributed by atoms with Crippen LogP contribution in [0.15, 0.2) is 0 Å². The molecule has 1 unspecified atom stereocenters. The Balaban J connectivity index is 0.000000891. The highest BCUT2D eigenvalue weighted by Gasteiger charge is 2.30. The van der Waals surface area contributed by atoms with Crippen LogP contribution < -0.4 is 0 Å². The van der Waals surface area contributed by atoms with Crippen LogP contribution in [0.4, 0.5) is 0 Å². The molecular weight excluding hydrogens is 316 g/mol. The molecule has 2 heterocycles. The summed E-state index contributed by atoms with van der Waals surface area (Å²) in [6, 6.07) is 0. The van der Waals surface area contributed by atoms with Crippen molar-refractivity contribution in [2.24, 2.45) is 0 Å². The molecular formula is C15H28N4O5. The van der Waals surface area contributed by atoms with Crippen LogP contribution in [0.5, 0.6) is 0 Å². The zero-order chi connectivity index (χ0) is 18.1. The van der Waals surface area contributed by atoms with Gasteiger partial charge in [0, 0.05) is 53.4 Å². The maximum Gasteiger partial charge on any atom is 0.290 e. The van der Waals surface area contributed by atoms with Gasteiger partial charge in [0.05, 0.1) is 13.2 Å². The number of likely N-dealkylation sites (N-methyl/N-ethyl adjacent to an activating group) is 2. The zero-order valence-corrected chi connectivity index (χ0v) is 14.7. The first kappa shape index (κ1) is 20.3. The van der Waals surface area contributed by atoms with Crippen molar-refractivity contribution in [1.29, 1.82) is 0 Å². The molecule has 0 radical (unpaired) electrons. The van der Waals surface area contributed by atoms with Gasteiger partial charge < -0.3 is 24.5 Å². The van der Waals surface area contributed by atoms with Crippen LogP contribution in [0, 0.1) is 0 Å². The summed E-state index contributed by atoms with van der Waals surface area (Å²) in [5.74, 6) is 0.118. The summed E-state index contributed by atoms with van der Waals surface area (Å²) < 4.78 is 5.51. The van der Waals surface area contributed by atoms with Crippen LogP contribution in [0.1, 0.15) is 0 Å². The number of carboxylic acid groups (broad SMARTS) is 1. The van der Waals surface area contributed by atoms with Gasteiger partial charge in [0.2, 0.25) is 5.91 Å². The highest BCUT2D eigenvalue weighted by atomic mass is 16.5. The lowest BCUT2D eigenvalue weighted by Crippen LogP contribution is -2.54. The Hall–Kier alpha value is -1.71. The van der Waals surface area contributed by atoms with Crippen molar-refractivity contribution in [2.45, 2.75) is 6.10 Å². The first-order valence-electron chi connectivity index (χ1n) is 7.98. The number of carbonyl (C=O) groups is 3. The predicted octanol–water partition coefficient (Wildman–Crippen LogP) is -1.75. The second-order valence-electron chi connectivity index (χ2n) is 6.12. The third-order valence-electron chi connectivity index (χ3n) is 4.08. The summed E-state index contributed by atoms with van der Waals surface area (Å²) in [7, 11) is 5.52. The number of carbonyl (C=O) groups excluding carboxylic acids is 2. The second-order valence-corrected chi connectivity index (χ2v) is 6.12. The van der Waals surface area contributed by atoms with E-state index in [0.29, 0.717) is 26.2 Å². The molecule has 2 saturated heterocycles. The molecule has 1 N–H and O–H groups in total. The molecule has 0 spiro atoms. The first-order chi connectivity index (χ1) is 11.4. The number of hydrogen-bond donors (Lipinski definition) is 1. The Morgan fingerprint density at radius 3 is 2.33 bits per heavy atom. The number of morpholine rings is 1. The lowest BCUT2D eigenvalue weighted by atomic mass is 10.2. The second kappa shape index (κ2) is 10.2. The highest BCUT2D eigenvalue weighted by Crippen LogP contribution is 2.08. The van der Waals surface area contributed by atoms with E-state index >= 15 is 0 Å². The molecule has 0 saturated carbocycles. The summed E-state index contributed by atoms with van der Waals surface area (Å²) in [6.07, 6.45) is -0.450. The van der Waals surface area contributed by atoms with Gasteiger partial charge in [0.25, 0.3) is 12.4 Å². The van der Waals surface area contributed by atoms with Crippen LogP contribution in [0.3, 0.4) is 0 Å². The standard InChI is InChI=1S/C14H26N4O3.CH2O2/c1-15(2)14(20)12-10-17(8-9-21-12)11-13(19)18-6-4-16(3)5-7-18;2-1-3/h12H,4-11H2,1-3H3;1H,(H,2,3). The molecule has 1 atom stereocenters. The fourth-order valence-electron chi connectivity index (χ4n) is 2.63. The Morgan fingerprint density at radius 1 is 1.21 bits per heavy atom. The molecule has 9 heteroatoms. The van der Waals surface area contributed by atoms with E-state index in [9.17, 15) is 9.59 Å². The smallest absolute Gasteiger partial charge is 0.290 e. The fourth-order valence-corrected chi connectivity index (χ4v) is 2.63. The molecule has 0 aromatic rings. The number of amides is 2. The number of nitrogens with zero attached hydrogens (tertiary/aromatic N) is 4. The topological polar surface area (TPSA) is 93.6 Å². The zero-order valence-electron chi connectivity index (χ0n) is 14.7. The van der Waals surface area contributed by atoms with Gasteiger partial charge in [0.1, 0.15) is 6.10 Å². The highest BCUT2D eigenvalue weighted by molar-refractivity contribution is 5.81. The lowest BCUT2D eigenvalue weighted by molar-refractivity contribution is -0.149. The quantitative estimate of drug-likeness (QED) is 0.607. The Bertz CT molecular complexity index is 424. The summed E-state index contributed by atoms with van der Waals surface area (Å²) in [4.78, 5) is 40.3. The van der Waals surface area contributed by atoms with E-state index in [4.69, 9.17) is 14.6 Å². The van der Waals surface area contributed by atoms with Gasteiger partial charge in [-0.05, 0) is 7.05 Å². The van der Waals surface area contributed by atoms with E-state index in [1.165, 1.54) is 4.90 Å². The van der Waals surface area contributed by atoms with Crippen molar-refractivity contribution < 1.29 is 24.2 Å². The predicted molar refractivity (Wildman–Crippen MR) is 87.6 cm³/mol. The Labute approximate surface area is 142 Å². The molecule has 2 rings (SSSR count). The maximum absolute atomic E-state index is 12.3. The normalized spacial score (nSPS) is 22.3. The minimum atomic E-state index is -0.450. The van der Waals surface area contributed by atoms with E-state index in [-0.39, 0.29) is 18.3 Å². The van der Waals surface area contributed by atoms with Crippen LogP contribution in [-0.4, -0.2) is 123 Å². The van der Waals surface area contributed by atoms with Gasteiger partial charge in [-0.15, -0.1) is 0 Å². The SMILES string of the molecule is CN1CCN(C(=O)CN2CCOC(C(=O)N(C)C)C2)CC1.O=CO. The molecule has 0 aliphatic carbocycles. The minimum Gasteiger partial charge on any atom is -0.483 e. The number of rotatable bonds is 3. The van der Waals surface area contributed by atoms with Crippen molar-refractivity contribution in [1.82, 2.24) is 19.6 Å². The van der Waals surface area contributed by atoms with E-state index in [1.807, 2.05) is 9.80 Å². The van der Waals surface area contributed by atoms with Crippen molar-refractivity contribution in [3.63, 3.8) is 0 Å². The fraction of sp³-hybridized carbons (Fsp3) is 0.800. The number of hydrogen-bond acceptors (Lipinski definition) is 6. The van der Waals surface area contributed by atoms with E-state index in [0.717, 1.165) is 26.2 Å². The van der Waals surface area contributed by atoms with Gasteiger partial charge in [0.15, 0.2) is 0 Å². The van der Waals surface area contributed by atoms with E-state index < -0.39 is 6.10 Å². The van der Waals surface area contributed by atoms with Crippen molar-refractivity contribution in [3.8, 4) is 0 Å². The molecule has 0 aromatic carbocycles.